The van der Waals surface area contributed by atoms with Gasteiger partial charge in [-0.2, -0.15) is 0 Å². The first-order valence-corrected chi connectivity index (χ1v) is 14.5. The lowest BCUT2D eigenvalue weighted by Crippen LogP contribution is -2.16. The first-order valence-electron chi connectivity index (χ1n) is 11.8. The number of ether oxygens (including phenoxy) is 2. The topological polar surface area (TPSA) is 95.3 Å². The van der Waals surface area contributed by atoms with Gasteiger partial charge in [0.15, 0.2) is 11.0 Å². The summed E-state index contributed by atoms with van der Waals surface area (Å²) in [5.74, 6) is 0.930. The molecular weight excluding hydrogens is 529 g/mol. The Morgan fingerprint density at radius 3 is 2.57 bits per heavy atom. The third-order valence-corrected chi connectivity index (χ3v) is 9.31. The van der Waals surface area contributed by atoms with Crippen LogP contribution in [-0.2, 0) is 29.4 Å². The summed E-state index contributed by atoms with van der Waals surface area (Å²) in [5, 5.41) is 16.8. The molecule has 0 atom stereocenters. The average Bonchev–Trinajstić information content (AvgIpc) is 3.64. The fraction of sp³-hybridized carbons (Fsp3) is 0.308. The Morgan fingerprint density at radius 1 is 1.05 bits per heavy atom. The number of carbonyl (C=O) groups excluding carboxylic acids is 2. The molecule has 1 aliphatic rings. The van der Waals surface area contributed by atoms with E-state index in [-0.39, 0.29) is 11.7 Å². The Kier molecular flexibility index (Phi) is 7.63. The van der Waals surface area contributed by atoms with Gasteiger partial charge in [0.25, 0.3) is 0 Å². The summed E-state index contributed by atoms with van der Waals surface area (Å²) in [4.78, 5) is 26.9. The molecular formula is C26H26N4O4S3. The molecule has 1 aromatic carbocycles. The summed E-state index contributed by atoms with van der Waals surface area (Å²) in [6.45, 7) is 0. The zero-order valence-corrected chi connectivity index (χ0v) is 23.1. The second-order valence-electron chi connectivity index (χ2n) is 8.53. The van der Waals surface area contributed by atoms with Crippen LogP contribution in [0.3, 0.4) is 0 Å². The molecule has 0 saturated carbocycles. The van der Waals surface area contributed by atoms with E-state index in [1.54, 1.807) is 18.4 Å². The van der Waals surface area contributed by atoms with Gasteiger partial charge >= 0.3 is 5.97 Å². The summed E-state index contributed by atoms with van der Waals surface area (Å²) >= 11 is 4.40. The van der Waals surface area contributed by atoms with Gasteiger partial charge in [0.1, 0.15) is 16.3 Å². The van der Waals surface area contributed by atoms with E-state index >= 15 is 0 Å². The first-order chi connectivity index (χ1) is 18.0. The average molecular weight is 555 g/mol. The minimum absolute atomic E-state index is 0.129. The van der Waals surface area contributed by atoms with Gasteiger partial charge < -0.3 is 19.4 Å². The second kappa shape index (κ2) is 11.1. The number of nitrogens with zero attached hydrogens (tertiary/aromatic N) is 3. The number of fused-ring (bicyclic) bond motifs is 1. The van der Waals surface area contributed by atoms with E-state index in [1.807, 2.05) is 41.3 Å². The van der Waals surface area contributed by atoms with E-state index in [0.717, 1.165) is 35.5 Å². The Bertz CT molecular complexity index is 1440. The Labute approximate surface area is 227 Å². The summed E-state index contributed by atoms with van der Waals surface area (Å²) in [7, 11) is 4.86. The number of thioether (sulfide) groups is 1. The van der Waals surface area contributed by atoms with Crippen LogP contribution in [-0.4, -0.2) is 46.6 Å². The number of rotatable bonds is 8. The molecule has 0 fully saturated rings. The summed E-state index contributed by atoms with van der Waals surface area (Å²) in [6, 6.07) is 7.38. The minimum atomic E-state index is -0.507. The number of methoxy groups -OCH3 is 2. The fourth-order valence-electron chi connectivity index (χ4n) is 4.39. The number of aryl methyl sites for hydroxylation is 1. The molecule has 0 aliphatic heterocycles. The van der Waals surface area contributed by atoms with E-state index in [2.05, 4.69) is 20.9 Å². The molecule has 37 heavy (non-hydrogen) atoms. The second-order valence-corrected chi connectivity index (χ2v) is 11.3. The minimum Gasteiger partial charge on any atom is -0.497 e. The smallest absolute Gasteiger partial charge is 0.341 e. The van der Waals surface area contributed by atoms with Crippen molar-refractivity contribution < 1.29 is 19.1 Å². The van der Waals surface area contributed by atoms with Gasteiger partial charge in [0, 0.05) is 33.8 Å². The molecule has 0 unspecified atom stereocenters. The highest BCUT2D eigenvalue weighted by molar-refractivity contribution is 7.99. The van der Waals surface area contributed by atoms with E-state index in [9.17, 15) is 9.59 Å². The van der Waals surface area contributed by atoms with Crippen LogP contribution in [0.4, 0.5) is 5.00 Å². The van der Waals surface area contributed by atoms with Crippen LogP contribution < -0.4 is 10.1 Å². The summed E-state index contributed by atoms with van der Waals surface area (Å²) in [6.07, 6.45) is 4.65. The number of hydrogen-bond donors (Lipinski definition) is 1. The summed E-state index contributed by atoms with van der Waals surface area (Å²) in [5.41, 5.74) is 4.40. The highest BCUT2D eigenvalue weighted by Crippen LogP contribution is 2.38. The van der Waals surface area contributed by atoms with E-state index in [1.165, 1.54) is 53.5 Å². The van der Waals surface area contributed by atoms with Crippen LogP contribution in [0, 0.1) is 0 Å². The van der Waals surface area contributed by atoms with Crippen molar-refractivity contribution in [3.8, 4) is 28.3 Å². The highest BCUT2D eigenvalue weighted by Gasteiger charge is 2.24. The molecule has 1 aliphatic carbocycles. The van der Waals surface area contributed by atoms with Crippen molar-refractivity contribution in [2.75, 3.05) is 25.3 Å². The zero-order chi connectivity index (χ0) is 25.9. The number of hydrogen-bond acceptors (Lipinski definition) is 9. The van der Waals surface area contributed by atoms with Crippen LogP contribution in [0.2, 0.25) is 0 Å². The molecule has 0 saturated heterocycles. The maximum Gasteiger partial charge on any atom is 0.341 e. The molecule has 4 aromatic rings. The molecule has 0 radical (unpaired) electrons. The standard InChI is InChI=1S/C26H26N4O4S3/c1-30-23(19-13-35-20-7-5-4-6-17(19)20)28-29-26(30)37-14-21(31)27-24-22(25(32)34-3)18(12-36-24)15-8-10-16(33-2)11-9-15/h8-13H,4-7,14H2,1-3H3,(H,27,31). The lowest BCUT2D eigenvalue weighted by Gasteiger charge is -2.12. The van der Waals surface area contributed by atoms with Gasteiger partial charge in [-0.1, -0.05) is 23.9 Å². The van der Waals surface area contributed by atoms with Gasteiger partial charge in [-0.3, -0.25) is 4.79 Å². The normalized spacial score (nSPS) is 12.7. The van der Waals surface area contributed by atoms with Crippen LogP contribution >= 0.6 is 34.4 Å². The van der Waals surface area contributed by atoms with E-state index in [4.69, 9.17) is 9.47 Å². The number of esters is 1. The van der Waals surface area contributed by atoms with Crippen molar-refractivity contribution in [1.82, 2.24) is 14.8 Å². The number of anilines is 1. The predicted octanol–water partition coefficient (Wildman–Crippen LogP) is 5.68. The van der Waals surface area contributed by atoms with Crippen LogP contribution in [0.1, 0.15) is 33.6 Å². The van der Waals surface area contributed by atoms with E-state index in [0.29, 0.717) is 21.3 Å². The van der Waals surface area contributed by atoms with Crippen molar-refractivity contribution in [2.45, 2.75) is 30.8 Å². The molecule has 1 amide bonds. The lowest BCUT2D eigenvalue weighted by atomic mass is 9.96. The Hall–Kier alpha value is -3.15. The van der Waals surface area contributed by atoms with Crippen LogP contribution in [0.25, 0.3) is 22.5 Å². The maximum absolute atomic E-state index is 12.9. The molecule has 8 nitrogen and oxygen atoms in total. The van der Waals surface area contributed by atoms with Crippen molar-refractivity contribution in [3.05, 3.63) is 51.0 Å². The maximum atomic E-state index is 12.9. The van der Waals surface area contributed by atoms with Crippen molar-refractivity contribution in [3.63, 3.8) is 0 Å². The molecule has 0 spiro atoms. The van der Waals surface area contributed by atoms with Crippen molar-refractivity contribution in [2.24, 2.45) is 7.05 Å². The van der Waals surface area contributed by atoms with Gasteiger partial charge in [0.2, 0.25) is 5.91 Å². The van der Waals surface area contributed by atoms with Crippen molar-refractivity contribution >= 4 is 51.3 Å². The number of thiophene rings is 2. The molecule has 3 heterocycles. The fourth-order valence-corrected chi connectivity index (χ4v) is 7.20. The van der Waals surface area contributed by atoms with Gasteiger partial charge in [-0.25, -0.2) is 4.79 Å². The number of carbonyl (C=O) groups is 2. The Balaban J connectivity index is 1.29. The predicted molar refractivity (Wildman–Crippen MR) is 148 cm³/mol. The Morgan fingerprint density at radius 2 is 1.81 bits per heavy atom. The number of nitrogens with one attached hydrogen (secondary N) is 1. The third kappa shape index (κ3) is 5.16. The molecule has 1 N–H and O–H groups in total. The monoisotopic (exact) mass is 554 g/mol. The highest BCUT2D eigenvalue weighted by atomic mass is 32.2. The molecule has 0 bridgehead atoms. The largest absolute Gasteiger partial charge is 0.497 e. The quantitative estimate of drug-likeness (QED) is 0.221. The summed E-state index contributed by atoms with van der Waals surface area (Å²) < 4.78 is 12.2. The SMILES string of the molecule is COC(=O)c1c(-c2ccc(OC)cc2)csc1NC(=O)CSc1nnc(-c2csc3c2CCCC3)n1C. The number of benzene rings is 1. The zero-order valence-electron chi connectivity index (χ0n) is 20.7. The van der Waals surface area contributed by atoms with E-state index < -0.39 is 5.97 Å². The van der Waals surface area contributed by atoms with Crippen LogP contribution in [0.15, 0.2) is 40.2 Å². The van der Waals surface area contributed by atoms with Crippen LogP contribution in [0.5, 0.6) is 5.75 Å². The first kappa shape index (κ1) is 25.5. The number of aromatic nitrogens is 3. The molecule has 192 valence electrons. The third-order valence-electron chi connectivity index (χ3n) is 6.30. The van der Waals surface area contributed by atoms with Gasteiger partial charge in [-0.05, 0) is 48.9 Å². The van der Waals surface area contributed by atoms with Gasteiger partial charge in [0.05, 0.1) is 20.0 Å². The molecule has 3 aromatic heterocycles. The molecule has 5 rings (SSSR count). The molecule has 11 heteroatoms. The van der Waals surface area contributed by atoms with Crippen molar-refractivity contribution in [1.29, 1.82) is 0 Å². The lowest BCUT2D eigenvalue weighted by molar-refractivity contribution is -0.113. The number of amides is 1. The van der Waals surface area contributed by atoms with Gasteiger partial charge in [-0.15, -0.1) is 32.9 Å².